The van der Waals surface area contributed by atoms with E-state index in [-0.39, 0.29) is 0 Å². The highest BCUT2D eigenvalue weighted by atomic mass is 16.2. The molecule has 1 aromatic carbocycles. The van der Waals surface area contributed by atoms with Crippen LogP contribution in [0.15, 0.2) is 30.3 Å². The number of Topliss-reactive ketones (excluding diaryl/α,β-unsaturated/α-hetero) is 1. The van der Waals surface area contributed by atoms with Gasteiger partial charge in [-0.25, -0.2) is 0 Å². The second kappa shape index (κ2) is 6.88. The first kappa shape index (κ1) is 15.0. The Balaban J connectivity index is 1.57. The van der Waals surface area contributed by atoms with E-state index in [0.717, 1.165) is 30.8 Å². The van der Waals surface area contributed by atoms with Gasteiger partial charge in [0.2, 0.25) is 11.6 Å². The molecule has 1 fully saturated rings. The molecule has 0 bridgehead atoms. The predicted octanol–water partition coefficient (Wildman–Crippen LogP) is 2.26. The molecule has 22 heavy (non-hydrogen) atoms. The van der Waals surface area contributed by atoms with Gasteiger partial charge in [0.15, 0.2) is 0 Å². The maximum atomic E-state index is 11.9. The molecular formula is C18H22N2O2. The topological polar surface area (TPSA) is 49.4 Å². The molecule has 0 unspecified atom stereocenters. The van der Waals surface area contributed by atoms with Gasteiger partial charge < -0.3 is 10.2 Å². The highest BCUT2D eigenvalue weighted by Crippen LogP contribution is 2.22. The van der Waals surface area contributed by atoms with Crippen LogP contribution in [0.25, 0.3) is 5.70 Å². The zero-order valence-corrected chi connectivity index (χ0v) is 12.8. The fourth-order valence-corrected chi connectivity index (χ4v) is 3.18. The van der Waals surface area contributed by atoms with Crippen LogP contribution in [0.2, 0.25) is 0 Å². The second-order valence-corrected chi connectivity index (χ2v) is 5.98. The number of nitrogens with one attached hydrogen (secondary N) is 1. The Morgan fingerprint density at radius 3 is 2.50 bits per heavy atom. The summed E-state index contributed by atoms with van der Waals surface area (Å²) in [5.41, 5.74) is 2.12. The number of rotatable bonds is 5. The molecule has 0 spiro atoms. The average Bonchev–Trinajstić information content (AvgIpc) is 2.57. The summed E-state index contributed by atoms with van der Waals surface area (Å²) in [7, 11) is 0. The molecule has 0 atom stereocenters. The summed E-state index contributed by atoms with van der Waals surface area (Å²) in [6, 6.07) is 7.30. The zero-order valence-electron chi connectivity index (χ0n) is 12.8. The largest absolute Gasteiger partial charge is 0.384 e. The lowest BCUT2D eigenvalue weighted by Gasteiger charge is -2.26. The van der Waals surface area contributed by atoms with Gasteiger partial charge in [-0.3, -0.25) is 9.59 Å². The molecule has 0 saturated carbocycles. The minimum absolute atomic E-state index is 0.408. The van der Waals surface area contributed by atoms with Crippen molar-refractivity contribution in [2.24, 2.45) is 0 Å². The molecule has 1 N–H and O–H groups in total. The molecule has 4 nitrogen and oxygen atoms in total. The minimum Gasteiger partial charge on any atom is -0.384 e. The van der Waals surface area contributed by atoms with Crippen molar-refractivity contribution < 1.29 is 9.59 Å². The summed E-state index contributed by atoms with van der Waals surface area (Å²) in [5, 5.41) is 3.33. The number of hydrogen-bond acceptors (Lipinski definition) is 4. The van der Waals surface area contributed by atoms with Crippen molar-refractivity contribution in [2.75, 3.05) is 26.2 Å². The van der Waals surface area contributed by atoms with Crippen molar-refractivity contribution in [3.8, 4) is 0 Å². The molecule has 2 aliphatic rings. The number of hydrogen-bond donors (Lipinski definition) is 1. The van der Waals surface area contributed by atoms with Gasteiger partial charge in [0.25, 0.3) is 0 Å². The van der Waals surface area contributed by atoms with Gasteiger partial charge >= 0.3 is 0 Å². The van der Waals surface area contributed by atoms with Crippen molar-refractivity contribution in [3.05, 3.63) is 41.5 Å². The van der Waals surface area contributed by atoms with Crippen LogP contribution in [-0.2, 0) is 4.79 Å². The van der Waals surface area contributed by atoms with E-state index in [4.69, 9.17) is 0 Å². The third-order valence-corrected chi connectivity index (χ3v) is 4.38. The Bertz CT molecular complexity index is 601. The van der Waals surface area contributed by atoms with Crippen LogP contribution in [-0.4, -0.2) is 42.6 Å². The lowest BCUT2D eigenvalue weighted by molar-refractivity contribution is -0.111. The maximum absolute atomic E-state index is 11.9. The Morgan fingerprint density at radius 2 is 1.73 bits per heavy atom. The van der Waals surface area contributed by atoms with Crippen molar-refractivity contribution >= 4 is 17.3 Å². The summed E-state index contributed by atoms with van der Waals surface area (Å²) in [6.07, 6.45) is 6.45. The van der Waals surface area contributed by atoms with Gasteiger partial charge in [-0.15, -0.1) is 0 Å². The van der Waals surface area contributed by atoms with Crippen molar-refractivity contribution in [3.63, 3.8) is 0 Å². The van der Waals surface area contributed by atoms with Gasteiger partial charge in [-0.2, -0.15) is 0 Å². The number of likely N-dealkylation sites (tertiary alicyclic amines) is 1. The van der Waals surface area contributed by atoms with E-state index in [9.17, 15) is 9.59 Å². The number of fused-ring (bicyclic) bond motifs is 1. The van der Waals surface area contributed by atoms with Crippen LogP contribution < -0.4 is 5.32 Å². The number of nitrogens with zero attached hydrogens (tertiary/aromatic N) is 1. The highest BCUT2D eigenvalue weighted by Gasteiger charge is 2.24. The molecule has 1 aliphatic heterocycles. The first-order chi connectivity index (χ1) is 10.8. The van der Waals surface area contributed by atoms with E-state index in [2.05, 4.69) is 10.2 Å². The SMILES string of the molecule is O=C1C=C(NCCCN2CCCCC2)c2ccccc2C1=O. The second-order valence-electron chi connectivity index (χ2n) is 5.98. The lowest BCUT2D eigenvalue weighted by Crippen LogP contribution is -2.32. The molecule has 4 heteroatoms. The summed E-state index contributed by atoms with van der Waals surface area (Å²) in [6.45, 7) is 4.32. The van der Waals surface area contributed by atoms with Gasteiger partial charge in [0.05, 0.1) is 0 Å². The quantitative estimate of drug-likeness (QED) is 0.669. The molecule has 1 aliphatic carbocycles. The first-order valence-corrected chi connectivity index (χ1v) is 8.12. The van der Waals surface area contributed by atoms with Crippen LogP contribution in [0.1, 0.15) is 41.6 Å². The van der Waals surface area contributed by atoms with Crippen LogP contribution >= 0.6 is 0 Å². The predicted molar refractivity (Wildman–Crippen MR) is 86.7 cm³/mol. The van der Waals surface area contributed by atoms with Crippen molar-refractivity contribution in [1.82, 2.24) is 10.2 Å². The summed E-state index contributed by atoms with van der Waals surface area (Å²) < 4.78 is 0. The van der Waals surface area contributed by atoms with E-state index < -0.39 is 11.6 Å². The normalized spacial score (nSPS) is 18.8. The lowest BCUT2D eigenvalue weighted by atomic mass is 9.93. The van der Waals surface area contributed by atoms with Crippen LogP contribution in [0.5, 0.6) is 0 Å². The van der Waals surface area contributed by atoms with Gasteiger partial charge in [-0.05, 0) is 38.9 Å². The van der Waals surface area contributed by atoms with Gasteiger partial charge in [0.1, 0.15) is 0 Å². The number of carbonyl (C=O) groups is 2. The van der Waals surface area contributed by atoms with Crippen LogP contribution in [0.4, 0.5) is 0 Å². The van der Waals surface area contributed by atoms with E-state index in [1.165, 1.54) is 38.4 Å². The van der Waals surface area contributed by atoms with E-state index in [1.807, 2.05) is 12.1 Å². The van der Waals surface area contributed by atoms with E-state index in [1.54, 1.807) is 12.1 Å². The number of carbonyl (C=O) groups excluding carboxylic acids is 2. The molecular weight excluding hydrogens is 276 g/mol. The molecule has 0 radical (unpaired) electrons. The first-order valence-electron chi connectivity index (χ1n) is 8.12. The Morgan fingerprint density at radius 1 is 1.00 bits per heavy atom. The van der Waals surface area contributed by atoms with Gasteiger partial charge in [0, 0.05) is 29.4 Å². The number of benzene rings is 1. The average molecular weight is 298 g/mol. The fourth-order valence-electron chi connectivity index (χ4n) is 3.18. The molecule has 0 amide bonds. The Hall–Kier alpha value is -1.94. The Labute approximate surface area is 131 Å². The molecule has 3 rings (SSSR count). The third kappa shape index (κ3) is 3.28. The minimum atomic E-state index is -0.433. The monoisotopic (exact) mass is 298 g/mol. The number of allylic oxidation sites excluding steroid dienone is 1. The maximum Gasteiger partial charge on any atom is 0.233 e. The molecule has 116 valence electrons. The van der Waals surface area contributed by atoms with E-state index >= 15 is 0 Å². The number of ketones is 2. The number of piperidine rings is 1. The van der Waals surface area contributed by atoms with Crippen LogP contribution in [0, 0.1) is 0 Å². The molecule has 1 aromatic rings. The van der Waals surface area contributed by atoms with Crippen LogP contribution in [0.3, 0.4) is 0 Å². The molecule has 1 saturated heterocycles. The highest BCUT2D eigenvalue weighted by molar-refractivity contribution is 6.50. The zero-order chi connectivity index (χ0) is 15.4. The fraction of sp³-hybridized carbons (Fsp3) is 0.444. The summed E-state index contributed by atoms with van der Waals surface area (Å²) in [5.74, 6) is -0.841. The van der Waals surface area contributed by atoms with Crippen molar-refractivity contribution in [1.29, 1.82) is 0 Å². The standard InChI is InChI=1S/C18H22N2O2/c21-17-13-16(14-7-2-3-8-15(14)18(17)22)19-9-6-12-20-10-4-1-5-11-20/h2-3,7-8,13,19H,1,4-6,9-12H2. The summed E-state index contributed by atoms with van der Waals surface area (Å²) >= 11 is 0. The van der Waals surface area contributed by atoms with Crippen molar-refractivity contribution in [2.45, 2.75) is 25.7 Å². The molecule has 0 aromatic heterocycles. The molecule has 1 heterocycles. The van der Waals surface area contributed by atoms with Gasteiger partial charge in [-0.1, -0.05) is 30.7 Å². The van der Waals surface area contributed by atoms with E-state index in [0.29, 0.717) is 5.56 Å². The Kier molecular flexibility index (Phi) is 4.68. The third-order valence-electron chi connectivity index (χ3n) is 4.38. The summed E-state index contributed by atoms with van der Waals surface area (Å²) in [4.78, 5) is 26.1. The smallest absolute Gasteiger partial charge is 0.233 e.